The van der Waals surface area contributed by atoms with Crippen LogP contribution in [0.4, 0.5) is 8.78 Å². The highest BCUT2D eigenvalue weighted by atomic mass is 79.9. The predicted octanol–water partition coefficient (Wildman–Crippen LogP) is 3.23. The Bertz CT molecular complexity index is 432. The van der Waals surface area contributed by atoms with Crippen molar-refractivity contribution in [2.75, 3.05) is 0 Å². The van der Waals surface area contributed by atoms with Gasteiger partial charge in [0.25, 0.3) is 0 Å². The topological polar surface area (TPSA) is 37.3 Å². The quantitative estimate of drug-likeness (QED) is 0.849. The van der Waals surface area contributed by atoms with Gasteiger partial charge in [-0.15, -0.1) is 0 Å². The summed E-state index contributed by atoms with van der Waals surface area (Å²) in [4.78, 5) is 11.2. The summed E-state index contributed by atoms with van der Waals surface area (Å²) in [6, 6.07) is 2.20. The number of aliphatic carboxylic acids is 1. The Morgan fingerprint density at radius 2 is 1.81 bits per heavy atom. The van der Waals surface area contributed by atoms with Crippen LogP contribution in [-0.4, -0.2) is 11.1 Å². The molecule has 1 aromatic rings. The summed E-state index contributed by atoms with van der Waals surface area (Å²) in [7, 11) is 0. The minimum absolute atomic E-state index is 0.212. The van der Waals surface area contributed by atoms with Gasteiger partial charge in [0.2, 0.25) is 0 Å². The summed E-state index contributed by atoms with van der Waals surface area (Å²) in [5.74, 6) is -2.54. The zero-order valence-corrected chi connectivity index (χ0v) is 9.85. The van der Waals surface area contributed by atoms with Gasteiger partial charge in [-0.3, -0.25) is 4.79 Å². The van der Waals surface area contributed by atoms with E-state index in [1.165, 1.54) is 0 Å². The van der Waals surface area contributed by atoms with Gasteiger partial charge in [0.05, 0.1) is 9.89 Å². The number of carbonyl (C=O) groups is 1. The van der Waals surface area contributed by atoms with Crippen LogP contribution in [0, 0.1) is 11.6 Å². The second-order valence-corrected chi connectivity index (χ2v) is 4.79. The maximum Gasteiger partial charge on any atom is 0.314 e. The molecule has 0 bridgehead atoms. The summed E-state index contributed by atoms with van der Waals surface area (Å²) in [5.41, 5.74) is -0.882. The molecule has 16 heavy (non-hydrogen) atoms. The fourth-order valence-electron chi connectivity index (χ4n) is 1.99. The highest BCUT2D eigenvalue weighted by Crippen LogP contribution is 2.45. The fraction of sp³-hybridized carbons (Fsp3) is 0.364. The number of hydrogen-bond acceptors (Lipinski definition) is 1. The van der Waals surface area contributed by atoms with E-state index in [4.69, 9.17) is 5.11 Å². The molecule has 0 amide bonds. The third-order valence-corrected chi connectivity index (χ3v) is 3.91. The van der Waals surface area contributed by atoms with Crippen LogP contribution in [0.25, 0.3) is 0 Å². The van der Waals surface area contributed by atoms with Crippen molar-refractivity contribution in [3.8, 4) is 0 Å². The van der Waals surface area contributed by atoms with E-state index in [0.29, 0.717) is 12.8 Å². The van der Waals surface area contributed by atoms with Gasteiger partial charge in [-0.25, -0.2) is 8.78 Å². The molecule has 0 unspecified atom stereocenters. The Morgan fingerprint density at radius 3 is 2.12 bits per heavy atom. The zero-order chi connectivity index (χ0) is 11.9. The van der Waals surface area contributed by atoms with Gasteiger partial charge < -0.3 is 5.11 Å². The molecule has 0 aromatic heterocycles. The third kappa shape index (κ3) is 1.54. The fourth-order valence-corrected chi connectivity index (χ4v) is 2.22. The number of carboxylic acids is 1. The average Bonchev–Trinajstić information content (AvgIpc) is 2.11. The molecule has 1 aliphatic rings. The van der Waals surface area contributed by atoms with Crippen molar-refractivity contribution in [2.24, 2.45) is 0 Å². The maximum atomic E-state index is 13.3. The van der Waals surface area contributed by atoms with E-state index in [-0.39, 0.29) is 10.0 Å². The lowest BCUT2D eigenvalue weighted by atomic mass is 9.64. The smallest absolute Gasteiger partial charge is 0.314 e. The van der Waals surface area contributed by atoms with Crippen molar-refractivity contribution in [1.29, 1.82) is 0 Å². The molecule has 86 valence electrons. The van der Waals surface area contributed by atoms with Gasteiger partial charge in [0, 0.05) is 0 Å². The standard InChI is InChI=1S/C11H9BrF2O2/c12-9-7(13)4-6(5-8(9)14)11(10(15)16)2-1-3-11/h4-5H,1-3H2,(H,15,16). The largest absolute Gasteiger partial charge is 0.481 e. The second kappa shape index (κ2) is 3.80. The van der Waals surface area contributed by atoms with Gasteiger partial charge >= 0.3 is 5.97 Å². The zero-order valence-electron chi connectivity index (χ0n) is 8.27. The molecule has 1 aromatic carbocycles. The Balaban J connectivity index is 2.52. The summed E-state index contributed by atoms with van der Waals surface area (Å²) in [5, 5.41) is 9.13. The highest BCUT2D eigenvalue weighted by molar-refractivity contribution is 9.10. The van der Waals surface area contributed by atoms with Crippen LogP contribution in [0.3, 0.4) is 0 Å². The molecule has 1 saturated carbocycles. The van der Waals surface area contributed by atoms with E-state index in [0.717, 1.165) is 18.6 Å². The van der Waals surface area contributed by atoms with Crippen LogP contribution in [0.5, 0.6) is 0 Å². The minimum Gasteiger partial charge on any atom is -0.481 e. The number of halogens is 3. The van der Waals surface area contributed by atoms with Crippen molar-refractivity contribution in [3.63, 3.8) is 0 Å². The first-order chi connectivity index (χ1) is 7.47. The van der Waals surface area contributed by atoms with Crippen LogP contribution in [0.15, 0.2) is 16.6 Å². The Hall–Kier alpha value is -0.970. The van der Waals surface area contributed by atoms with Crippen molar-refractivity contribution in [3.05, 3.63) is 33.8 Å². The SMILES string of the molecule is O=C(O)C1(c2cc(F)c(Br)c(F)c2)CCC1. The lowest BCUT2D eigenvalue weighted by Gasteiger charge is -2.38. The molecule has 1 fully saturated rings. The van der Waals surface area contributed by atoms with Crippen molar-refractivity contribution < 1.29 is 18.7 Å². The average molecular weight is 291 g/mol. The summed E-state index contributed by atoms with van der Waals surface area (Å²) in [6.45, 7) is 0. The maximum absolute atomic E-state index is 13.3. The summed E-state index contributed by atoms with van der Waals surface area (Å²) < 4.78 is 26.4. The lowest BCUT2D eigenvalue weighted by Crippen LogP contribution is -2.42. The highest BCUT2D eigenvalue weighted by Gasteiger charge is 2.46. The van der Waals surface area contributed by atoms with Crippen LogP contribution in [0.1, 0.15) is 24.8 Å². The van der Waals surface area contributed by atoms with Crippen LogP contribution in [-0.2, 0) is 10.2 Å². The molecule has 0 spiro atoms. The molecule has 0 heterocycles. The van der Waals surface area contributed by atoms with Crippen molar-refractivity contribution >= 4 is 21.9 Å². The monoisotopic (exact) mass is 290 g/mol. The normalized spacial score (nSPS) is 17.9. The number of hydrogen-bond donors (Lipinski definition) is 1. The van der Waals surface area contributed by atoms with E-state index >= 15 is 0 Å². The van der Waals surface area contributed by atoms with Crippen molar-refractivity contribution in [2.45, 2.75) is 24.7 Å². The molecule has 1 aliphatic carbocycles. The molecular weight excluding hydrogens is 282 g/mol. The third-order valence-electron chi connectivity index (χ3n) is 3.15. The van der Waals surface area contributed by atoms with Crippen molar-refractivity contribution in [1.82, 2.24) is 0 Å². The van der Waals surface area contributed by atoms with E-state index < -0.39 is 23.0 Å². The molecule has 1 N–H and O–H groups in total. The Morgan fingerprint density at radius 1 is 1.31 bits per heavy atom. The van der Waals surface area contributed by atoms with Gasteiger partial charge in [-0.05, 0) is 46.5 Å². The Kier molecular flexibility index (Phi) is 2.74. The first-order valence-corrected chi connectivity index (χ1v) is 5.65. The van der Waals surface area contributed by atoms with E-state index in [1.807, 2.05) is 0 Å². The minimum atomic E-state index is -1.09. The Labute approximate surface area is 99.4 Å². The summed E-state index contributed by atoms with van der Waals surface area (Å²) in [6.07, 6.45) is 1.64. The van der Waals surface area contributed by atoms with Gasteiger partial charge in [-0.2, -0.15) is 0 Å². The van der Waals surface area contributed by atoms with Crippen LogP contribution < -0.4 is 0 Å². The first-order valence-electron chi connectivity index (χ1n) is 4.86. The molecule has 0 saturated heterocycles. The molecule has 5 heteroatoms. The second-order valence-electron chi connectivity index (χ2n) is 3.99. The van der Waals surface area contributed by atoms with Gasteiger partial charge in [0.1, 0.15) is 11.6 Å². The lowest BCUT2D eigenvalue weighted by molar-refractivity contribution is -0.147. The van der Waals surface area contributed by atoms with E-state index in [9.17, 15) is 13.6 Å². The molecule has 0 radical (unpaired) electrons. The molecular formula is C11H9BrF2O2. The van der Waals surface area contributed by atoms with Crippen LogP contribution >= 0.6 is 15.9 Å². The van der Waals surface area contributed by atoms with Gasteiger partial charge in [-0.1, -0.05) is 6.42 Å². The number of benzene rings is 1. The summed E-state index contributed by atoms with van der Waals surface area (Å²) >= 11 is 2.76. The molecule has 0 aliphatic heterocycles. The first kappa shape index (κ1) is 11.5. The van der Waals surface area contributed by atoms with Gasteiger partial charge in [0.15, 0.2) is 0 Å². The molecule has 0 atom stereocenters. The van der Waals surface area contributed by atoms with E-state index in [1.54, 1.807) is 0 Å². The number of carboxylic acid groups (broad SMARTS) is 1. The predicted molar refractivity (Wildman–Crippen MR) is 57.2 cm³/mol. The number of rotatable bonds is 2. The molecule has 2 nitrogen and oxygen atoms in total. The van der Waals surface area contributed by atoms with Crippen LogP contribution in [0.2, 0.25) is 0 Å². The molecule has 2 rings (SSSR count). The van der Waals surface area contributed by atoms with E-state index in [2.05, 4.69) is 15.9 Å².